The van der Waals surface area contributed by atoms with Gasteiger partial charge in [-0.2, -0.15) is 0 Å². The van der Waals surface area contributed by atoms with Gasteiger partial charge in [-0.3, -0.25) is 5.32 Å². The molecular weight excluding hydrogens is 424 g/mol. The number of aromatic nitrogens is 1. The largest absolute Gasteiger partial charge is 0.448 e. The molecule has 29 heavy (non-hydrogen) atoms. The van der Waals surface area contributed by atoms with E-state index >= 15 is 0 Å². The van der Waals surface area contributed by atoms with Gasteiger partial charge in [0, 0.05) is 22.4 Å². The first-order valence-corrected chi connectivity index (χ1v) is 11.7. The van der Waals surface area contributed by atoms with Crippen LogP contribution >= 0.6 is 33.2 Å². The molecule has 2 aromatic carbocycles. The fourth-order valence-corrected chi connectivity index (χ4v) is 4.70. The molecule has 1 heterocycles. The Morgan fingerprint density at radius 2 is 1.93 bits per heavy atom. The fraction of sp³-hybridized carbons (Fsp3) is 0.182. The molecule has 0 aliphatic carbocycles. The first-order valence-electron chi connectivity index (χ1n) is 9.05. The highest BCUT2D eigenvalue weighted by Gasteiger charge is 2.12. The van der Waals surface area contributed by atoms with Gasteiger partial charge in [0.2, 0.25) is 0 Å². The highest BCUT2D eigenvalue weighted by molar-refractivity contribution is 8.76. The molecule has 0 spiro atoms. The SMILES string of the molecule is C/C(=C\Cl)c1ccc(NC(=O)OCC(C)SSc2ccccn2)c2ccccc12. The number of carbonyl (C=O) groups is 1. The number of allylic oxidation sites excluding steroid dienone is 1. The van der Waals surface area contributed by atoms with Gasteiger partial charge in [-0.1, -0.05) is 58.8 Å². The average Bonchev–Trinajstić information content (AvgIpc) is 2.76. The molecule has 1 unspecified atom stereocenters. The zero-order chi connectivity index (χ0) is 20.6. The molecule has 1 N–H and O–H groups in total. The normalized spacial score (nSPS) is 12.6. The Hall–Kier alpha value is -2.15. The van der Waals surface area contributed by atoms with Gasteiger partial charge in [-0.15, -0.1) is 0 Å². The third kappa shape index (κ3) is 5.92. The second-order valence-corrected chi connectivity index (χ2v) is 9.26. The van der Waals surface area contributed by atoms with Crippen molar-refractivity contribution in [3.63, 3.8) is 0 Å². The second kappa shape index (κ2) is 10.6. The number of anilines is 1. The van der Waals surface area contributed by atoms with E-state index in [9.17, 15) is 4.79 Å². The van der Waals surface area contributed by atoms with Crippen LogP contribution in [0.2, 0.25) is 0 Å². The van der Waals surface area contributed by atoms with Gasteiger partial charge in [0.15, 0.2) is 0 Å². The van der Waals surface area contributed by atoms with Crippen LogP contribution in [0.25, 0.3) is 16.3 Å². The number of ether oxygens (including phenoxy) is 1. The minimum atomic E-state index is -0.470. The molecule has 1 amide bonds. The van der Waals surface area contributed by atoms with Crippen LogP contribution in [0.4, 0.5) is 10.5 Å². The number of fused-ring (bicyclic) bond motifs is 1. The molecule has 0 radical (unpaired) electrons. The lowest BCUT2D eigenvalue weighted by atomic mass is 9.99. The van der Waals surface area contributed by atoms with Crippen LogP contribution in [0.5, 0.6) is 0 Å². The van der Waals surface area contributed by atoms with Crippen LogP contribution in [0.1, 0.15) is 19.4 Å². The third-order valence-corrected chi connectivity index (χ3v) is 7.22. The molecule has 0 fully saturated rings. The number of amides is 1. The maximum Gasteiger partial charge on any atom is 0.411 e. The molecule has 3 aromatic rings. The summed E-state index contributed by atoms with van der Waals surface area (Å²) in [5.41, 5.74) is 4.27. The van der Waals surface area contributed by atoms with E-state index in [1.165, 1.54) is 0 Å². The summed E-state index contributed by atoms with van der Waals surface area (Å²) in [7, 11) is 3.19. The Morgan fingerprint density at radius 3 is 2.66 bits per heavy atom. The predicted molar refractivity (Wildman–Crippen MR) is 126 cm³/mol. The number of halogens is 1. The third-order valence-electron chi connectivity index (χ3n) is 4.13. The number of rotatable bonds is 7. The van der Waals surface area contributed by atoms with Crippen molar-refractivity contribution >= 4 is 61.3 Å². The first-order chi connectivity index (χ1) is 14.1. The van der Waals surface area contributed by atoms with Crippen molar-refractivity contribution < 1.29 is 9.53 Å². The Balaban J connectivity index is 1.60. The summed E-state index contributed by atoms with van der Waals surface area (Å²) >= 11 is 5.89. The smallest absolute Gasteiger partial charge is 0.411 e. The zero-order valence-corrected chi connectivity index (χ0v) is 18.5. The standard InChI is InChI=1S/C22H21ClN2O2S2/c1-15(13-23)17-10-11-20(19-8-4-3-7-18(17)19)25-22(26)27-14-16(2)28-29-21-9-5-6-12-24-21/h3-13,16H,14H2,1-2H3,(H,25,26)/b15-13+. The maximum atomic E-state index is 12.3. The number of pyridine rings is 1. The summed E-state index contributed by atoms with van der Waals surface area (Å²) in [5, 5.41) is 5.88. The van der Waals surface area contributed by atoms with Gasteiger partial charge in [-0.25, -0.2) is 9.78 Å². The van der Waals surface area contributed by atoms with Crippen molar-refractivity contribution in [3.05, 3.63) is 71.9 Å². The summed E-state index contributed by atoms with van der Waals surface area (Å²) in [6, 6.07) is 17.5. The number of benzene rings is 2. The topological polar surface area (TPSA) is 51.2 Å². The lowest BCUT2D eigenvalue weighted by Crippen LogP contribution is -2.18. The van der Waals surface area contributed by atoms with Crippen molar-refractivity contribution in [2.75, 3.05) is 11.9 Å². The number of nitrogens with one attached hydrogen (secondary N) is 1. The molecular formula is C22H21ClN2O2S2. The highest BCUT2D eigenvalue weighted by atomic mass is 35.5. The molecule has 1 atom stereocenters. The molecule has 7 heteroatoms. The summed E-state index contributed by atoms with van der Waals surface area (Å²) in [6.45, 7) is 4.28. The van der Waals surface area contributed by atoms with Crippen molar-refractivity contribution in [2.24, 2.45) is 0 Å². The first kappa shape index (κ1) is 21.6. The minimum Gasteiger partial charge on any atom is -0.448 e. The summed E-state index contributed by atoms with van der Waals surface area (Å²) in [6.07, 6.45) is 1.29. The van der Waals surface area contributed by atoms with Crippen molar-refractivity contribution in [3.8, 4) is 0 Å². The summed E-state index contributed by atoms with van der Waals surface area (Å²) in [5.74, 6) is 0. The Labute approximate surface area is 183 Å². The van der Waals surface area contributed by atoms with E-state index in [-0.39, 0.29) is 5.25 Å². The number of hydrogen-bond donors (Lipinski definition) is 1. The molecule has 4 nitrogen and oxygen atoms in total. The Kier molecular flexibility index (Phi) is 7.86. The van der Waals surface area contributed by atoms with Gasteiger partial charge in [-0.05, 0) is 59.4 Å². The molecule has 0 aliphatic rings. The van der Waals surface area contributed by atoms with Crippen LogP contribution in [-0.4, -0.2) is 22.9 Å². The molecule has 150 valence electrons. The van der Waals surface area contributed by atoms with E-state index in [4.69, 9.17) is 16.3 Å². The highest BCUT2D eigenvalue weighted by Crippen LogP contribution is 2.33. The van der Waals surface area contributed by atoms with Crippen LogP contribution in [0.15, 0.2) is 71.4 Å². The molecule has 0 aliphatic heterocycles. The van der Waals surface area contributed by atoms with E-state index < -0.39 is 6.09 Å². The van der Waals surface area contributed by atoms with Crippen molar-refractivity contribution in [2.45, 2.75) is 24.1 Å². The van der Waals surface area contributed by atoms with Crippen LogP contribution in [0, 0.1) is 0 Å². The second-order valence-electron chi connectivity index (χ2n) is 6.38. The number of carbonyl (C=O) groups excluding carboxylic acids is 1. The molecule has 0 saturated heterocycles. The fourth-order valence-electron chi connectivity index (χ4n) is 2.71. The Bertz CT molecular complexity index is 1010. The average molecular weight is 445 g/mol. The van der Waals surface area contributed by atoms with Crippen molar-refractivity contribution in [1.29, 1.82) is 0 Å². The van der Waals surface area contributed by atoms with Crippen LogP contribution in [0.3, 0.4) is 0 Å². The van der Waals surface area contributed by atoms with Crippen LogP contribution in [-0.2, 0) is 4.74 Å². The van der Waals surface area contributed by atoms with Gasteiger partial charge in [0.1, 0.15) is 11.6 Å². The summed E-state index contributed by atoms with van der Waals surface area (Å²) < 4.78 is 5.41. The summed E-state index contributed by atoms with van der Waals surface area (Å²) in [4.78, 5) is 16.6. The monoisotopic (exact) mass is 444 g/mol. The van der Waals surface area contributed by atoms with E-state index in [0.717, 1.165) is 26.9 Å². The number of nitrogens with zero attached hydrogens (tertiary/aromatic N) is 1. The minimum absolute atomic E-state index is 0.128. The molecule has 0 bridgehead atoms. The van der Waals surface area contributed by atoms with Gasteiger partial charge in [0.25, 0.3) is 0 Å². The molecule has 0 saturated carbocycles. The van der Waals surface area contributed by atoms with E-state index in [1.54, 1.807) is 33.3 Å². The van der Waals surface area contributed by atoms with E-state index in [2.05, 4.69) is 10.3 Å². The van der Waals surface area contributed by atoms with Crippen LogP contribution < -0.4 is 5.32 Å². The number of hydrogen-bond acceptors (Lipinski definition) is 5. The van der Waals surface area contributed by atoms with E-state index in [0.29, 0.717) is 12.3 Å². The van der Waals surface area contributed by atoms with Gasteiger partial charge < -0.3 is 4.74 Å². The maximum absolute atomic E-state index is 12.3. The lowest BCUT2D eigenvalue weighted by molar-refractivity contribution is 0.163. The van der Waals surface area contributed by atoms with Crippen molar-refractivity contribution in [1.82, 2.24) is 4.98 Å². The zero-order valence-electron chi connectivity index (χ0n) is 16.1. The molecule has 1 aromatic heterocycles. The Morgan fingerprint density at radius 1 is 1.17 bits per heavy atom. The molecule has 3 rings (SSSR count). The van der Waals surface area contributed by atoms with E-state index in [1.807, 2.05) is 68.4 Å². The van der Waals surface area contributed by atoms with Gasteiger partial charge >= 0.3 is 6.09 Å². The predicted octanol–water partition coefficient (Wildman–Crippen LogP) is 7.21. The quantitative estimate of drug-likeness (QED) is 0.390. The van der Waals surface area contributed by atoms with Gasteiger partial charge in [0.05, 0.1) is 5.69 Å². The lowest BCUT2D eigenvalue weighted by Gasteiger charge is -2.14.